The number of hydrogen-bond acceptors (Lipinski definition) is 4. The smallest absolute Gasteiger partial charge is 0.259 e. The van der Waals surface area contributed by atoms with Crippen molar-refractivity contribution in [2.24, 2.45) is 0 Å². The van der Waals surface area contributed by atoms with Crippen molar-refractivity contribution in [1.82, 2.24) is 0 Å². The molecule has 7 heteroatoms. The van der Waals surface area contributed by atoms with E-state index in [-0.39, 0.29) is 16.9 Å². The van der Waals surface area contributed by atoms with E-state index in [9.17, 15) is 4.79 Å². The number of rotatable bonds is 5. The summed E-state index contributed by atoms with van der Waals surface area (Å²) in [6.07, 6.45) is 0. The third-order valence-electron chi connectivity index (χ3n) is 3.12. The monoisotopic (exact) mass is 364 g/mol. The van der Waals surface area contributed by atoms with Crippen LogP contribution in [0.3, 0.4) is 0 Å². The Kier molecular flexibility index (Phi) is 5.91. The summed E-state index contributed by atoms with van der Waals surface area (Å²) in [5, 5.41) is 12.6. The Morgan fingerprint density at radius 3 is 2.62 bits per heavy atom. The van der Waals surface area contributed by atoms with Gasteiger partial charge in [0.1, 0.15) is 0 Å². The average molecular weight is 365 g/mol. The number of methoxy groups -OCH3 is 1. The largest absolute Gasteiger partial charge is 0.493 e. The molecule has 2 aromatic carbocycles. The number of nitriles is 1. The summed E-state index contributed by atoms with van der Waals surface area (Å²) in [5.74, 6) is 0.0999. The predicted molar refractivity (Wildman–Crippen MR) is 93.3 cm³/mol. The molecule has 0 heterocycles. The maximum Gasteiger partial charge on any atom is 0.259 e. The van der Waals surface area contributed by atoms with Gasteiger partial charge < -0.3 is 14.8 Å². The number of halogens is 2. The molecule has 2 rings (SSSR count). The van der Waals surface area contributed by atoms with E-state index in [1.54, 1.807) is 19.1 Å². The van der Waals surface area contributed by atoms with Gasteiger partial charge in [0.2, 0.25) is 0 Å². The highest BCUT2D eigenvalue weighted by atomic mass is 35.5. The standard InChI is InChI=1S/C17H14Cl2N2O3/c1-3-24-16-12(6-10(9-20)7-15(16)23-2)17(22)21-14-5-4-11(18)8-13(14)19/h4-8H,3H2,1-2H3,(H,21,22). The molecule has 0 bridgehead atoms. The van der Waals surface area contributed by atoms with Crippen molar-refractivity contribution in [1.29, 1.82) is 5.26 Å². The Bertz CT molecular complexity index is 816. The van der Waals surface area contributed by atoms with Crippen molar-refractivity contribution in [3.63, 3.8) is 0 Å². The quantitative estimate of drug-likeness (QED) is 0.845. The van der Waals surface area contributed by atoms with Gasteiger partial charge in [-0.3, -0.25) is 4.79 Å². The molecular formula is C17H14Cl2N2O3. The molecule has 24 heavy (non-hydrogen) atoms. The second kappa shape index (κ2) is 7.91. The van der Waals surface area contributed by atoms with Gasteiger partial charge in [-0.15, -0.1) is 0 Å². The number of hydrogen-bond donors (Lipinski definition) is 1. The van der Waals surface area contributed by atoms with Crippen molar-refractivity contribution < 1.29 is 14.3 Å². The number of carbonyl (C=O) groups excluding carboxylic acids is 1. The summed E-state index contributed by atoms with van der Waals surface area (Å²) in [5.41, 5.74) is 0.858. The Morgan fingerprint density at radius 2 is 2.04 bits per heavy atom. The highest BCUT2D eigenvalue weighted by Gasteiger charge is 2.20. The van der Waals surface area contributed by atoms with E-state index >= 15 is 0 Å². The molecule has 5 nitrogen and oxygen atoms in total. The molecule has 0 aromatic heterocycles. The van der Waals surface area contributed by atoms with Gasteiger partial charge in [-0.2, -0.15) is 5.26 Å². The Balaban J connectivity index is 2.45. The van der Waals surface area contributed by atoms with E-state index in [2.05, 4.69) is 5.32 Å². The van der Waals surface area contributed by atoms with E-state index in [1.165, 1.54) is 25.3 Å². The molecular weight excluding hydrogens is 351 g/mol. The highest BCUT2D eigenvalue weighted by molar-refractivity contribution is 6.36. The molecule has 0 aliphatic carbocycles. The average Bonchev–Trinajstić information content (AvgIpc) is 2.57. The Hall–Kier alpha value is -2.42. The van der Waals surface area contributed by atoms with Crippen LogP contribution < -0.4 is 14.8 Å². The van der Waals surface area contributed by atoms with Crippen LogP contribution in [0.5, 0.6) is 11.5 Å². The van der Waals surface area contributed by atoms with Crippen LogP contribution in [0.2, 0.25) is 10.0 Å². The Morgan fingerprint density at radius 1 is 1.29 bits per heavy atom. The predicted octanol–water partition coefficient (Wildman–Crippen LogP) is 4.52. The molecule has 0 aliphatic rings. The van der Waals surface area contributed by atoms with Crippen LogP contribution in [0.1, 0.15) is 22.8 Å². The zero-order valence-corrected chi connectivity index (χ0v) is 14.5. The number of benzene rings is 2. The molecule has 0 saturated carbocycles. The fourth-order valence-corrected chi connectivity index (χ4v) is 2.52. The van der Waals surface area contributed by atoms with Crippen molar-refractivity contribution in [3.05, 3.63) is 51.5 Å². The maximum atomic E-state index is 12.6. The molecule has 0 atom stereocenters. The molecule has 0 unspecified atom stereocenters. The van der Waals surface area contributed by atoms with Crippen LogP contribution in [0.25, 0.3) is 0 Å². The minimum atomic E-state index is -0.474. The fraction of sp³-hybridized carbons (Fsp3) is 0.176. The molecule has 0 aliphatic heterocycles. The third-order valence-corrected chi connectivity index (χ3v) is 3.66. The zero-order valence-electron chi connectivity index (χ0n) is 13.0. The van der Waals surface area contributed by atoms with Crippen LogP contribution in [0.15, 0.2) is 30.3 Å². The molecule has 0 radical (unpaired) electrons. The lowest BCUT2D eigenvalue weighted by Crippen LogP contribution is -2.15. The van der Waals surface area contributed by atoms with Gasteiger partial charge in [-0.1, -0.05) is 23.2 Å². The summed E-state index contributed by atoms with van der Waals surface area (Å²) in [6, 6.07) is 9.66. The lowest BCUT2D eigenvalue weighted by atomic mass is 10.1. The number of carbonyl (C=O) groups is 1. The van der Waals surface area contributed by atoms with Gasteiger partial charge in [-0.25, -0.2) is 0 Å². The number of anilines is 1. The van der Waals surface area contributed by atoms with Gasteiger partial charge in [0.05, 0.1) is 41.6 Å². The first-order valence-electron chi connectivity index (χ1n) is 7.01. The van der Waals surface area contributed by atoms with Crippen molar-refractivity contribution in [2.75, 3.05) is 19.0 Å². The lowest BCUT2D eigenvalue weighted by molar-refractivity contribution is 0.102. The van der Waals surface area contributed by atoms with Gasteiger partial charge in [0.15, 0.2) is 11.5 Å². The second-order valence-electron chi connectivity index (χ2n) is 4.68. The number of amides is 1. The van der Waals surface area contributed by atoms with E-state index in [4.69, 9.17) is 37.9 Å². The van der Waals surface area contributed by atoms with Gasteiger partial charge in [0.25, 0.3) is 5.91 Å². The van der Waals surface area contributed by atoms with E-state index in [1.807, 2.05) is 6.07 Å². The van der Waals surface area contributed by atoms with Gasteiger partial charge >= 0.3 is 0 Å². The summed E-state index contributed by atoms with van der Waals surface area (Å²) in [6.45, 7) is 2.12. The normalized spacial score (nSPS) is 9.96. The van der Waals surface area contributed by atoms with Crippen molar-refractivity contribution in [3.8, 4) is 17.6 Å². The van der Waals surface area contributed by atoms with E-state index in [0.717, 1.165) is 0 Å². The lowest BCUT2D eigenvalue weighted by Gasteiger charge is -2.15. The second-order valence-corrected chi connectivity index (χ2v) is 5.52. The van der Waals surface area contributed by atoms with Crippen LogP contribution >= 0.6 is 23.2 Å². The van der Waals surface area contributed by atoms with Crippen LogP contribution in [0.4, 0.5) is 5.69 Å². The SMILES string of the molecule is CCOc1c(OC)cc(C#N)cc1C(=O)Nc1ccc(Cl)cc1Cl. The molecule has 2 aromatic rings. The first-order chi connectivity index (χ1) is 11.5. The highest BCUT2D eigenvalue weighted by Crippen LogP contribution is 2.34. The van der Waals surface area contributed by atoms with Crippen LogP contribution in [0, 0.1) is 11.3 Å². The van der Waals surface area contributed by atoms with Crippen molar-refractivity contribution in [2.45, 2.75) is 6.92 Å². The van der Waals surface area contributed by atoms with Crippen LogP contribution in [-0.4, -0.2) is 19.6 Å². The zero-order chi connectivity index (χ0) is 17.7. The first kappa shape index (κ1) is 17.9. The first-order valence-corrected chi connectivity index (χ1v) is 7.77. The minimum Gasteiger partial charge on any atom is -0.493 e. The molecule has 1 amide bonds. The summed E-state index contributed by atoms with van der Waals surface area (Å²) < 4.78 is 10.7. The maximum absolute atomic E-state index is 12.6. The molecule has 1 N–H and O–H groups in total. The summed E-state index contributed by atoms with van der Waals surface area (Å²) >= 11 is 11.9. The minimum absolute atomic E-state index is 0.179. The number of nitrogens with zero attached hydrogens (tertiary/aromatic N) is 1. The summed E-state index contributed by atoms with van der Waals surface area (Å²) in [7, 11) is 1.44. The third kappa shape index (κ3) is 3.91. The molecule has 124 valence electrons. The number of ether oxygens (including phenoxy) is 2. The van der Waals surface area contributed by atoms with E-state index < -0.39 is 5.91 Å². The fourth-order valence-electron chi connectivity index (χ4n) is 2.06. The van der Waals surface area contributed by atoms with Crippen LogP contribution in [-0.2, 0) is 0 Å². The van der Waals surface area contributed by atoms with Crippen molar-refractivity contribution >= 4 is 34.8 Å². The Labute approximate surface area is 149 Å². The molecule has 0 spiro atoms. The van der Waals surface area contributed by atoms with Gasteiger partial charge in [-0.05, 0) is 31.2 Å². The molecule has 0 saturated heterocycles. The summed E-state index contributed by atoms with van der Waals surface area (Å²) in [4.78, 5) is 12.6. The molecule has 0 fully saturated rings. The topological polar surface area (TPSA) is 71.3 Å². The van der Waals surface area contributed by atoms with Gasteiger partial charge in [0, 0.05) is 11.1 Å². The number of nitrogens with one attached hydrogen (secondary N) is 1. The van der Waals surface area contributed by atoms with E-state index in [0.29, 0.717) is 28.1 Å².